The molecule has 3 N–H and O–H groups in total. The Hall–Kier alpha value is -1.39. The van der Waals surface area contributed by atoms with Gasteiger partial charge in [0.25, 0.3) is 0 Å². The Kier molecular flexibility index (Phi) is 5.56. The normalized spacial score (nSPS) is 17.1. The zero-order valence-corrected chi connectivity index (χ0v) is 12.3. The van der Waals surface area contributed by atoms with Crippen molar-refractivity contribution in [3.8, 4) is 0 Å². The molecule has 0 bridgehead atoms. The van der Waals surface area contributed by atoms with E-state index in [2.05, 4.69) is 41.4 Å². The van der Waals surface area contributed by atoms with Crippen molar-refractivity contribution in [2.45, 2.75) is 26.3 Å². The molecule has 1 aliphatic heterocycles. The van der Waals surface area contributed by atoms with Gasteiger partial charge in [-0.3, -0.25) is 4.79 Å². The van der Waals surface area contributed by atoms with Gasteiger partial charge in [0.05, 0.1) is 0 Å². The SMILES string of the molecule is Cc1ccc(CNC(=O)C2CCN(CCN)CC2)cc1. The fourth-order valence-corrected chi connectivity index (χ4v) is 2.64. The molecule has 1 saturated heterocycles. The topological polar surface area (TPSA) is 58.4 Å². The summed E-state index contributed by atoms with van der Waals surface area (Å²) in [5.41, 5.74) is 7.96. The molecule has 0 unspecified atom stereocenters. The van der Waals surface area contributed by atoms with Gasteiger partial charge in [-0.2, -0.15) is 0 Å². The van der Waals surface area contributed by atoms with Crippen molar-refractivity contribution in [3.63, 3.8) is 0 Å². The van der Waals surface area contributed by atoms with Crippen LogP contribution in [0.5, 0.6) is 0 Å². The monoisotopic (exact) mass is 275 g/mol. The highest BCUT2D eigenvalue weighted by molar-refractivity contribution is 5.78. The summed E-state index contributed by atoms with van der Waals surface area (Å²) in [5, 5.41) is 3.05. The molecule has 1 amide bonds. The van der Waals surface area contributed by atoms with E-state index in [0.717, 1.165) is 38.0 Å². The second-order valence-corrected chi connectivity index (χ2v) is 5.61. The van der Waals surface area contributed by atoms with Crippen LogP contribution in [0.15, 0.2) is 24.3 Å². The average Bonchev–Trinajstić information content (AvgIpc) is 2.47. The first kappa shape index (κ1) is 15.0. The van der Waals surface area contributed by atoms with Crippen molar-refractivity contribution >= 4 is 5.91 Å². The molecular formula is C16H25N3O. The first-order valence-electron chi connectivity index (χ1n) is 7.44. The number of hydrogen-bond donors (Lipinski definition) is 2. The molecule has 1 aromatic rings. The molecule has 20 heavy (non-hydrogen) atoms. The lowest BCUT2D eigenvalue weighted by molar-refractivity contribution is -0.126. The molecule has 2 rings (SSSR count). The largest absolute Gasteiger partial charge is 0.352 e. The van der Waals surface area contributed by atoms with E-state index in [1.165, 1.54) is 5.56 Å². The van der Waals surface area contributed by atoms with E-state index in [9.17, 15) is 4.79 Å². The lowest BCUT2D eigenvalue weighted by Gasteiger charge is -2.30. The molecule has 0 saturated carbocycles. The zero-order chi connectivity index (χ0) is 14.4. The number of nitrogens with one attached hydrogen (secondary N) is 1. The minimum absolute atomic E-state index is 0.162. The third-order valence-electron chi connectivity index (χ3n) is 3.99. The van der Waals surface area contributed by atoms with Gasteiger partial charge in [-0.15, -0.1) is 0 Å². The van der Waals surface area contributed by atoms with Crippen LogP contribution in [0.3, 0.4) is 0 Å². The van der Waals surface area contributed by atoms with Crippen molar-refractivity contribution in [1.29, 1.82) is 0 Å². The van der Waals surface area contributed by atoms with Crippen molar-refractivity contribution in [2.24, 2.45) is 11.7 Å². The van der Waals surface area contributed by atoms with Crippen LogP contribution in [0.2, 0.25) is 0 Å². The van der Waals surface area contributed by atoms with Gasteiger partial charge in [0.1, 0.15) is 0 Å². The van der Waals surface area contributed by atoms with Gasteiger partial charge in [0, 0.05) is 25.6 Å². The van der Waals surface area contributed by atoms with E-state index in [4.69, 9.17) is 5.73 Å². The predicted molar refractivity (Wildman–Crippen MR) is 81.2 cm³/mol. The van der Waals surface area contributed by atoms with Crippen molar-refractivity contribution in [2.75, 3.05) is 26.2 Å². The molecule has 4 heteroatoms. The number of nitrogens with zero attached hydrogens (tertiary/aromatic N) is 1. The standard InChI is InChI=1S/C16H25N3O/c1-13-2-4-14(5-3-13)12-18-16(20)15-6-9-19(10-7-15)11-8-17/h2-5,15H,6-12,17H2,1H3,(H,18,20). The Morgan fingerprint density at radius 1 is 1.30 bits per heavy atom. The maximum atomic E-state index is 12.1. The maximum absolute atomic E-state index is 12.1. The molecule has 0 spiro atoms. The lowest BCUT2D eigenvalue weighted by atomic mass is 9.96. The number of likely N-dealkylation sites (tertiary alicyclic amines) is 1. The van der Waals surface area contributed by atoms with Gasteiger partial charge in [-0.05, 0) is 38.4 Å². The van der Waals surface area contributed by atoms with E-state index in [1.54, 1.807) is 0 Å². The first-order chi connectivity index (χ1) is 9.69. The maximum Gasteiger partial charge on any atom is 0.223 e. The second-order valence-electron chi connectivity index (χ2n) is 5.61. The number of nitrogens with two attached hydrogens (primary N) is 1. The second kappa shape index (κ2) is 7.41. The van der Waals surface area contributed by atoms with Gasteiger partial charge < -0.3 is 16.0 Å². The van der Waals surface area contributed by atoms with Crippen LogP contribution >= 0.6 is 0 Å². The fraction of sp³-hybridized carbons (Fsp3) is 0.562. The average molecular weight is 275 g/mol. The van der Waals surface area contributed by atoms with Gasteiger partial charge in [-0.25, -0.2) is 0 Å². The van der Waals surface area contributed by atoms with E-state index in [-0.39, 0.29) is 11.8 Å². The summed E-state index contributed by atoms with van der Waals surface area (Å²) < 4.78 is 0. The fourth-order valence-electron chi connectivity index (χ4n) is 2.64. The molecule has 0 aliphatic carbocycles. The molecule has 1 aliphatic rings. The third-order valence-corrected chi connectivity index (χ3v) is 3.99. The molecule has 4 nitrogen and oxygen atoms in total. The Morgan fingerprint density at radius 3 is 2.55 bits per heavy atom. The summed E-state index contributed by atoms with van der Waals surface area (Å²) in [5.74, 6) is 0.354. The van der Waals surface area contributed by atoms with Gasteiger partial charge in [-0.1, -0.05) is 29.8 Å². The molecule has 1 heterocycles. The first-order valence-corrected chi connectivity index (χ1v) is 7.44. The number of benzene rings is 1. The summed E-state index contributed by atoms with van der Waals surface area (Å²) in [6, 6.07) is 8.29. The van der Waals surface area contributed by atoms with Crippen molar-refractivity contribution in [1.82, 2.24) is 10.2 Å². The van der Waals surface area contributed by atoms with Crippen LogP contribution in [0.25, 0.3) is 0 Å². The third kappa shape index (κ3) is 4.32. The minimum atomic E-state index is 0.162. The van der Waals surface area contributed by atoms with Crippen LogP contribution in [0.4, 0.5) is 0 Å². The van der Waals surface area contributed by atoms with Crippen LogP contribution in [0.1, 0.15) is 24.0 Å². The summed E-state index contributed by atoms with van der Waals surface area (Å²) >= 11 is 0. The molecule has 0 radical (unpaired) electrons. The number of rotatable bonds is 5. The summed E-state index contributed by atoms with van der Waals surface area (Å²) in [4.78, 5) is 14.5. The van der Waals surface area contributed by atoms with E-state index >= 15 is 0 Å². The smallest absolute Gasteiger partial charge is 0.223 e. The summed E-state index contributed by atoms with van der Waals surface area (Å²) in [7, 11) is 0. The van der Waals surface area contributed by atoms with Gasteiger partial charge in [0.2, 0.25) is 5.91 Å². The molecule has 0 aromatic heterocycles. The molecule has 1 fully saturated rings. The Labute approximate surface area is 121 Å². The number of carbonyl (C=O) groups is 1. The van der Waals surface area contributed by atoms with Crippen LogP contribution in [-0.4, -0.2) is 37.0 Å². The molecule has 110 valence electrons. The Bertz CT molecular complexity index is 422. The number of carbonyl (C=O) groups excluding carboxylic acids is 1. The predicted octanol–water partition coefficient (Wildman–Crippen LogP) is 1.28. The number of aryl methyl sites for hydroxylation is 1. The molecular weight excluding hydrogens is 250 g/mol. The highest BCUT2D eigenvalue weighted by Crippen LogP contribution is 2.17. The molecule has 0 atom stereocenters. The van der Waals surface area contributed by atoms with Gasteiger partial charge >= 0.3 is 0 Å². The quantitative estimate of drug-likeness (QED) is 0.851. The van der Waals surface area contributed by atoms with Crippen molar-refractivity contribution < 1.29 is 4.79 Å². The summed E-state index contributed by atoms with van der Waals surface area (Å²) in [6.45, 7) is 6.31. The number of amides is 1. The van der Waals surface area contributed by atoms with Crippen LogP contribution in [0, 0.1) is 12.8 Å². The van der Waals surface area contributed by atoms with Crippen molar-refractivity contribution in [3.05, 3.63) is 35.4 Å². The highest BCUT2D eigenvalue weighted by Gasteiger charge is 2.24. The minimum Gasteiger partial charge on any atom is -0.352 e. The number of hydrogen-bond acceptors (Lipinski definition) is 3. The molecule has 1 aromatic carbocycles. The van der Waals surface area contributed by atoms with E-state index in [0.29, 0.717) is 13.1 Å². The van der Waals surface area contributed by atoms with E-state index in [1.807, 2.05) is 0 Å². The Morgan fingerprint density at radius 2 is 1.95 bits per heavy atom. The lowest BCUT2D eigenvalue weighted by Crippen LogP contribution is -2.41. The zero-order valence-electron chi connectivity index (χ0n) is 12.3. The van der Waals surface area contributed by atoms with Gasteiger partial charge in [0.15, 0.2) is 0 Å². The van der Waals surface area contributed by atoms with Crippen LogP contribution in [-0.2, 0) is 11.3 Å². The van der Waals surface area contributed by atoms with E-state index < -0.39 is 0 Å². The Balaban J connectivity index is 1.74. The van der Waals surface area contributed by atoms with Crippen LogP contribution < -0.4 is 11.1 Å². The summed E-state index contributed by atoms with van der Waals surface area (Å²) in [6.07, 6.45) is 1.89. The number of piperidine rings is 1. The highest BCUT2D eigenvalue weighted by atomic mass is 16.1.